The largest absolute Gasteiger partial charge is 0.473 e. The van der Waals surface area contributed by atoms with Crippen LogP contribution in [0.25, 0.3) is 22.0 Å². The van der Waals surface area contributed by atoms with Gasteiger partial charge in [0.2, 0.25) is 11.8 Å². The molecule has 0 bridgehead atoms. The van der Waals surface area contributed by atoms with Crippen LogP contribution in [0.15, 0.2) is 91.1 Å². The molecule has 1 aliphatic heterocycles. The first-order chi connectivity index (χ1) is 18.6. The maximum atomic E-state index is 15.9. The van der Waals surface area contributed by atoms with E-state index in [4.69, 9.17) is 9.47 Å². The molecule has 0 amide bonds. The van der Waals surface area contributed by atoms with Crippen LogP contribution in [0, 0.1) is 5.82 Å². The van der Waals surface area contributed by atoms with Crippen LogP contribution in [-0.4, -0.2) is 33.8 Å². The highest BCUT2D eigenvalue weighted by molar-refractivity contribution is 6.03. The predicted molar refractivity (Wildman–Crippen MR) is 146 cm³/mol. The number of β-amino-alcohol motifs (C(OH)–C–C–N with tert-alkyl or cyclic N) is 1. The predicted octanol–water partition coefficient (Wildman–Crippen LogP) is 6.10. The fourth-order valence-electron chi connectivity index (χ4n) is 4.85. The molecule has 3 heterocycles. The van der Waals surface area contributed by atoms with Crippen molar-refractivity contribution in [3.05, 3.63) is 108 Å². The van der Waals surface area contributed by atoms with E-state index in [-0.39, 0.29) is 18.5 Å². The lowest BCUT2D eigenvalue weighted by atomic mass is 9.96. The first-order valence-electron chi connectivity index (χ1n) is 12.7. The summed E-state index contributed by atoms with van der Waals surface area (Å²) in [5.41, 5.74) is 4.47. The van der Waals surface area contributed by atoms with Gasteiger partial charge in [0, 0.05) is 35.3 Å². The number of nitrogens with zero attached hydrogens (tertiary/aromatic N) is 2. The minimum Gasteiger partial charge on any atom is -0.473 e. The van der Waals surface area contributed by atoms with Crippen LogP contribution in [0.2, 0.25) is 0 Å². The zero-order chi connectivity index (χ0) is 26.1. The maximum absolute atomic E-state index is 15.9. The zero-order valence-electron chi connectivity index (χ0n) is 21.0. The van der Waals surface area contributed by atoms with Crippen LogP contribution in [0.1, 0.15) is 18.1 Å². The number of rotatable bonds is 8. The molecule has 2 atom stereocenters. The van der Waals surface area contributed by atoms with Crippen LogP contribution >= 0.6 is 0 Å². The van der Waals surface area contributed by atoms with Crippen molar-refractivity contribution < 1.29 is 19.0 Å². The number of aromatic amines is 1. The van der Waals surface area contributed by atoms with E-state index in [9.17, 15) is 5.11 Å². The zero-order valence-corrected chi connectivity index (χ0v) is 21.0. The second-order valence-corrected chi connectivity index (χ2v) is 9.53. The van der Waals surface area contributed by atoms with E-state index < -0.39 is 6.10 Å². The molecule has 6 nitrogen and oxygen atoms in total. The molecule has 0 aliphatic carbocycles. The number of aliphatic hydroxyl groups is 1. The van der Waals surface area contributed by atoms with Gasteiger partial charge < -0.3 is 24.5 Å². The summed E-state index contributed by atoms with van der Waals surface area (Å²) in [6, 6.07) is 26.5. The van der Waals surface area contributed by atoms with E-state index in [2.05, 4.69) is 9.97 Å². The van der Waals surface area contributed by atoms with Crippen LogP contribution < -0.4 is 14.4 Å². The van der Waals surface area contributed by atoms with Crippen LogP contribution in [0.5, 0.6) is 11.8 Å². The van der Waals surface area contributed by atoms with Gasteiger partial charge in [0.05, 0.1) is 23.3 Å². The van der Waals surface area contributed by atoms with Crippen molar-refractivity contribution >= 4 is 16.6 Å². The smallest absolute Gasteiger partial charge is 0.225 e. The summed E-state index contributed by atoms with van der Waals surface area (Å²) >= 11 is 0. The van der Waals surface area contributed by atoms with Crippen molar-refractivity contribution in [1.29, 1.82) is 0 Å². The number of aliphatic hydroxyl groups excluding tert-OH is 1. The van der Waals surface area contributed by atoms with Gasteiger partial charge in [-0.15, -0.1) is 0 Å². The van der Waals surface area contributed by atoms with Gasteiger partial charge in [0.25, 0.3) is 0 Å². The number of anilines is 1. The van der Waals surface area contributed by atoms with Crippen molar-refractivity contribution in [2.24, 2.45) is 0 Å². The van der Waals surface area contributed by atoms with Gasteiger partial charge in [-0.2, -0.15) is 4.98 Å². The Balaban J connectivity index is 1.39. The SMILES string of the molecule is C[C@@H]1[C@H](O)CN1c1cc(F)c(-c2ccc(OCc3ccccc3)nc2OCc2ccccc2)c2cc[nH]c12. The van der Waals surface area contributed by atoms with Gasteiger partial charge in [0.15, 0.2) is 0 Å². The van der Waals surface area contributed by atoms with E-state index >= 15 is 4.39 Å². The van der Waals surface area contributed by atoms with Crippen LogP contribution in [0.3, 0.4) is 0 Å². The first-order valence-corrected chi connectivity index (χ1v) is 12.7. The normalized spacial score (nSPS) is 16.9. The molecule has 1 aliphatic rings. The van der Waals surface area contributed by atoms with Crippen LogP contribution in [0.4, 0.5) is 10.1 Å². The third kappa shape index (κ3) is 4.57. The van der Waals surface area contributed by atoms with Crippen LogP contribution in [-0.2, 0) is 13.2 Å². The average Bonchev–Trinajstić information content (AvgIpc) is 3.44. The molecule has 2 N–H and O–H groups in total. The lowest BCUT2D eigenvalue weighted by Gasteiger charge is -2.45. The Morgan fingerprint density at radius 3 is 2.29 bits per heavy atom. The highest BCUT2D eigenvalue weighted by Crippen LogP contribution is 2.42. The number of benzene rings is 3. The topological polar surface area (TPSA) is 70.6 Å². The number of aromatic nitrogens is 2. The Morgan fingerprint density at radius 2 is 1.63 bits per heavy atom. The minimum atomic E-state index is -0.423. The molecule has 3 aromatic carbocycles. The standard InChI is InChI=1S/C31H28FN3O3/c1-20-27(36)17-35(20)26-16-25(32)29(23-14-15-33-30(23)26)24-12-13-28(37-18-21-8-4-2-5-9-21)34-31(24)38-19-22-10-6-3-7-11-22/h2-16,20,27,33,36H,17-19H2,1H3/t20-,27-/m1/s1. The maximum Gasteiger partial charge on any atom is 0.225 e. The Kier molecular flexibility index (Phi) is 6.43. The third-order valence-corrected chi connectivity index (χ3v) is 7.07. The minimum absolute atomic E-state index is 0.0840. The van der Waals surface area contributed by atoms with Gasteiger partial charge in [-0.3, -0.25) is 0 Å². The Bertz CT molecular complexity index is 1560. The number of ether oxygens (including phenoxy) is 2. The lowest BCUT2D eigenvalue weighted by Crippen LogP contribution is -2.58. The number of pyridine rings is 1. The molecule has 0 unspecified atom stereocenters. The van der Waals surface area contributed by atoms with Crippen molar-refractivity contribution in [3.8, 4) is 22.9 Å². The summed E-state index contributed by atoms with van der Waals surface area (Å²) in [5, 5.41) is 10.7. The van der Waals surface area contributed by atoms with Gasteiger partial charge >= 0.3 is 0 Å². The Labute approximate surface area is 220 Å². The lowest BCUT2D eigenvalue weighted by molar-refractivity contribution is 0.0996. The summed E-state index contributed by atoms with van der Waals surface area (Å²) in [7, 11) is 0. The molecule has 0 radical (unpaired) electrons. The van der Waals surface area contributed by atoms with Gasteiger partial charge in [-0.1, -0.05) is 60.7 Å². The number of hydrogen-bond donors (Lipinski definition) is 2. The molecule has 7 heteroatoms. The molecule has 6 rings (SSSR count). The molecule has 0 spiro atoms. The molecule has 5 aromatic rings. The quantitative estimate of drug-likeness (QED) is 0.265. The number of fused-ring (bicyclic) bond motifs is 1. The summed E-state index contributed by atoms with van der Waals surface area (Å²) in [4.78, 5) is 9.92. The Hall–Kier alpha value is -4.36. The van der Waals surface area contributed by atoms with E-state index in [1.807, 2.05) is 78.6 Å². The summed E-state index contributed by atoms with van der Waals surface area (Å²) in [6.07, 6.45) is 1.38. The molecule has 38 heavy (non-hydrogen) atoms. The summed E-state index contributed by atoms with van der Waals surface area (Å²) < 4.78 is 28.0. The second-order valence-electron chi connectivity index (χ2n) is 9.53. The van der Waals surface area contributed by atoms with Gasteiger partial charge in [0.1, 0.15) is 19.0 Å². The summed E-state index contributed by atoms with van der Waals surface area (Å²) in [5.74, 6) is 0.303. The highest BCUT2D eigenvalue weighted by Gasteiger charge is 2.36. The molecule has 2 aromatic heterocycles. The number of nitrogens with one attached hydrogen (secondary N) is 1. The fourth-order valence-corrected chi connectivity index (χ4v) is 4.85. The average molecular weight is 510 g/mol. The summed E-state index contributed by atoms with van der Waals surface area (Å²) in [6.45, 7) is 3.04. The molecular weight excluding hydrogens is 481 g/mol. The molecule has 1 saturated heterocycles. The van der Waals surface area contributed by atoms with Gasteiger partial charge in [-0.25, -0.2) is 4.39 Å². The first kappa shape index (κ1) is 24.0. The number of H-pyrrole nitrogens is 1. The van der Waals surface area contributed by atoms with Crippen molar-refractivity contribution in [2.75, 3.05) is 11.4 Å². The third-order valence-electron chi connectivity index (χ3n) is 7.07. The highest BCUT2D eigenvalue weighted by atomic mass is 19.1. The van der Waals surface area contributed by atoms with Gasteiger partial charge in [-0.05, 0) is 36.2 Å². The fraction of sp³-hybridized carbons (Fsp3) is 0.194. The van der Waals surface area contributed by atoms with Crippen molar-refractivity contribution in [3.63, 3.8) is 0 Å². The monoisotopic (exact) mass is 509 g/mol. The van der Waals surface area contributed by atoms with E-state index in [1.54, 1.807) is 18.3 Å². The van der Waals surface area contributed by atoms with Crippen molar-refractivity contribution in [1.82, 2.24) is 9.97 Å². The number of halogens is 1. The van der Waals surface area contributed by atoms with E-state index in [0.717, 1.165) is 27.7 Å². The molecular formula is C31H28FN3O3. The molecule has 1 fully saturated rings. The van der Waals surface area contributed by atoms with E-state index in [0.29, 0.717) is 36.0 Å². The molecule has 192 valence electrons. The second kappa shape index (κ2) is 10.2. The molecule has 0 saturated carbocycles. The Morgan fingerprint density at radius 1 is 0.947 bits per heavy atom. The van der Waals surface area contributed by atoms with E-state index in [1.165, 1.54) is 6.07 Å². The van der Waals surface area contributed by atoms with Crippen molar-refractivity contribution in [2.45, 2.75) is 32.3 Å². The number of hydrogen-bond acceptors (Lipinski definition) is 5.